The molecule has 0 bridgehead atoms. The maximum atomic E-state index is 10.7. The summed E-state index contributed by atoms with van der Waals surface area (Å²) < 4.78 is 0. The predicted octanol–water partition coefficient (Wildman–Crippen LogP) is 4.07. The molecule has 26 heavy (non-hydrogen) atoms. The zero-order valence-corrected chi connectivity index (χ0v) is 16.0. The molecular weight excluding hydrogens is 348 g/mol. The maximum absolute atomic E-state index is 10.7. The molecule has 1 saturated heterocycles. The van der Waals surface area contributed by atoms with Gasteiger partial charge in [-0.15, -0.1) is 0 Å². The number of likely N-dealkylation sites (tertiary alicyclic amines) is 1. The lowest BCUT2D eigenvalue weighted by molar-refractivity contribution is -0.384. The van der Waals surface area contributed by atoms with Crippen LogP contribution in [-0.2, 0) is 0 Å². The Labute approximate surface area is 160 Å². The Morgan fingerprint density at radius 2 is 1.69 bits per heavy atom. The smallest absolute Gasteiger partial charge is 0.269 e. The molecule has 0 amide bonds. The molecule has 1 aliphatic carbocycles. The Hall–Kier alpha value is -1.73. The molecule has 2 fully saturated rings. The minimum atomic E-state index is -0.397. The Kier molecular flexibility index (Phi) is 6.43. The van der Waals surface area contributed by atoms with Gasteiger partial charge >= 0.3 is 0 Å². The number of nitrogens with zero attached hydrogens (tertiary/aromatic N) is 2. The molecule has 0 spiro atoms. The number of thiocarbonyl (C=S) groups is 1. The first-order valence-electron chi connectivity index (χ1n) is 9.63. The topological polar surface area (TPSA) is 70.4 Å². The molecule has 1 saturated carbocycles. The predicted molar refractivity (Wildman–Crippen MR) is 109 cm³/mol. The number of benzene rings is 1. The van der Waals surface area contributed by atoms with Gasteiger partial charge in [0, 0.05) is 29.9 Å². The van der Waals surface area contributed by atoms with Crippen LogP contribution in [0.3, 0.4) is 0 Å². The monoisotopic (exact) mass is 376 g/mol. The van der Waals surface area contributed by atoms with Crippen molar-refractivity contribution in [1.82, 2.24) is 10.2 Å². The van der Waals surface area contributed by atoms with E-state index in [0.29, 0.717) is 5.11 Å². The zero-order chi connectivity index (χ0) is 18.4. The van der Waals surface area contributed by atoms with Crippen LogP contribution in [0.1, 0.15) is 51.4 Å². The first-order chi connectivity index (χ1) is 12.6. The van der Waals surface area contributed by atoms with Crippen molar-refractivity contribution < 1.29 is 4.92 Å². The van der Waals surface area contributed by atoms with Crippen molar-refractivity contribution in [2.75, 3.05) is 25.0 Å². The molecule has 0 atom stereocenters. The molecule has 1 aliphatic heterocycles. The van der Waals surface area contributed by atoms with Crippen LogP contribution in [0.4, 0.5) is 11.4 Å². The highest BCUT2D eigenvalue weighted by atomic mass is 32.1. The van der Waals surface area contributed by atoms with E-state index in [2.05, 4.69) is 15.5 Å². The van der Waals surface area contributed by atoms with Crippen LogP contribution >= 0.6 is 12.2 Å². The van der Waals surface area contributed by atoms with E-state index in [1.807, 2.05) is 0 Å². The molecular formula is C19H28N4O2S. The lowest BCUT2D eigenvalue weighted by Gasteiger charge is -2.48. The van der Waals surface area contributed by atoms with E-state index in [1.54, 1.807) is 12.1 Å². The third kappa shape index (κ3) is 4.71. The summed E-state index contributed by atoms with van der Waals surface area (Å²) in [6.45, 7) is 3.26. The minimum absolute atomic E-state index is 0.0840. The van der Waals surface area contributed by atoms with Gasteiger partial charge in [-0.2, -0.15) is 0 Å². The van der Waals surface area contributed by atoms with Crippen molar-refractivity contribution in [2.45, 2.75) is 56.9 Å². The number of rotatable bonds is 5. The molecule has 0 aromatic heterocycles. The van der Waals surface area contributed by atoms with Gasteiger partial charge in [-0.05, 0) is 63.1 Å². The summed E-state index contributed by atoms with van der Waals surface area (Å²) >= 11 is 5.47. The number of hydrogen-bond donors (Lipinski definition) is 2. The van der Waals surface area contributed by atoms with Gasteiger partial charge in [-0.3, -0.25) is 15.0 Å². The summed E-state index contributed by atoms with van der Waals surface area (Å²) in [5.41, 5.74) is 1.07. The Bertz CT molecular complexity index is 623. The van der Waals surface area contributed by atoms with Crippen molar-refractivity contribution in [3.63, 3.8) is 0 Å². The molecule has 142 valence electrons. The third-order valence-corrected chi connectivity index (χ3v) is 5.97. The average Bonchev–Trinajstić information content (AvgIpc) is 2.68. The highest BCUT2D eigenvalue weighted by molar-refractivity contribution is 7.80. The van der Waals surface area contributed by atoms with Crippen LogP contribution in [0.2, 0.25) is 0 Å². The zero-order valence-electron chi connectivity index (χ0n) is 15.2. The van der Waals surface area contributed by atoms with Crippen LogP contribution in [0.5, 0.6) is 0 Å². The molecule has 7 heteroatoms. The lowest BCUT2D eigenvalue weighted by atomic mass is 9.79. The summed E-state index contributed by atoms with van der Waals surface area (Å²) in [6.07, 6.45) is 10.3. The van der Waals surface area contributed by atoms with Gasteiger partial charge in [0.05, 0.1) is 4.92 Å². The standard InChI is InChI=1S/C19H28N4O2S/c24-23(25)17-9-7-16(8-10-17)21-18(26)20-15-19(11-3-1-4-12-19)22-13-5-2-6-14-22/h7-10H,1-6,11-15H2,(H2,20,21,26). The number of nitro groups is 1. The number of anilines is 1. The van der Waals surface area contributed by atoms with Crippen molar-refractivity contribution in [1.29, 1.82) is 0 Å². The van der Waals surface area contributed by atoms with Gasteiger partial charge in [-0.1, -0.05) is 25.7 Å². The van der Waals surface area contributed by atoms with E-state index in [1.165, 1.54) is 76.6 Å². The minimum Gasteiger partial charge on any atom is -0.361 e. The average molecular weight is 377 g/mol. The van der Waals surface area contributed by atoms with Gasteiger partial charge < -0.3 is 10.6 Å². The second kappa shape index (κ2) is 8.77. The van der Waals surface area contributed by atoms with Crippen molar-refractivity contribution >= 4 is 28.7 Å². The summed E-state index contributed by atoms with van der Waals surface area (Å²) in [5.74, 6) is 0. The Morgan fingerprint density at radius 1 is 1.08 bits per heavy atom. The fourth-order valence-electron chi connectivity index (χ4n) is 4.27. The van der Waals surface area contributed by atoms with Crippen molar-refractivity contribution in [3.05, 3.63) is 34.4 Å². The highest BCUT2D eigenvalue weighted by Gasteiger charge is 2.38. The number of nitro benzene ring substituents is 1. The number of non-ortho nitro benzene ring substituents is 1. The van der Waals surface area contributed by atoms with Crippen LogP contribution in [0.15, 0.2) is 24.3 Å². The van der Waals surface area contributed by atoms with Crippen molar-refractivity contribution in [3.8, 4) is 0 Å². The Balaban J connectivity index is 1.57. The fourth-order valence-corrected chi connectivity index (χ4v) is 4.46. The van der Waals surface area contributed by atoms with Gasteiger partial charge in [0.2, 0.25) is 0 Å². The van der Waals surface area contributed by atoms with E-state index in [9.17, 15) is 10.1 Å². The maximum Gasteiger partial charge on any atom is 0.269 e. The van der Waals surface area contributed by atoms with Gasteiger partial charge in [-0.25, -0.2) is 0 Å². The van der Waals surface area contributed by atoms with E-state index in [0.717, 1.165) is 12.2 Å². The van der Waals surface area contributed by atoms with Crippen LogP contribution < -0.4 is 10.6 Å². The normalized spacial score (nSPS) is 20.3. The number of piperidine rings is 1. The quantitative estimate of drug-likeness (QED) is 0.459. The van der Waals surface area contributed by atoms with Gasteiger partial charge in [0.15, 0.2) is 5.11 Å². The molecule has 3 rings (SSSR count). The summed E-state index contributed by atoms with van der Waals surface area (Å²) in [7, 11) is 0. The molecule has 0 radical (unpaired) electrons. The van der Waals surface area contributed by atoms with Crippen molar-refractivity contribution in [2.24, 2.45) is 0 Å². The second-order valence-electron chi connectivity index (χ2n) is 7.44. The van der Waals surface area contributed by atoms with E-state index >= 15 is 0 Å². The molecule has 2 N–H and O–H groups in total. The van der Waals surface area contributed by atoms with Crippen LogP contribution in [-0.4, -0.2) is 40.1 Å². The summed E-state index contributed by atoms with van der Waals surface area (Å²) in [4.78, 5) is 13.0. The van der Waals surface area contributed by atoms with Gasteiger partial charge in [0.25, 0.3) is 5.69 Å². The fraction of sp³-hybridized carbons (Fsp3) is 0.632. The SMILES string of the molecule is O=[N+]([O-])c1ccc(NC(=S)NCC2(N3CCCCC3)CCCCC2)cc1. The van der Waals surface area contributed by atoms with E-state index < -0.39 is 4.92 Å². The van der Waals surface area contributed by atoms with E-state index in [-0.39, 0.29) is 11.2 Å². The lowest BCUT2D eigenvalue weighted by Crippen LogP contribution is -2.58. The molecule has 1 heterocycles. The first-order valence-corrected chi connectivity index (χ1v) is 10.0. The van der Waals surface area contributed by atoms with Crippen LogP contribution in [0.25, 0.3) is 0 Å². The highest BCUT2D eigenvalue weighted by Crippen LogP contribution is 2.35. The molecule has 1 aromatic carbocycles. The second-order valence-corrected chi connectivity index (χ2v) is 7.85. The van der Waals surface area contributed by atoms with E-state index in [4.69, 9.17) is 12.2 Å². The van der Waals surface area contributed by atoms with Crippen LogP contribution in [0, 0.1) is 10.1 Å². The molecule has 1 aromatic rings. The third-order valence-electron chi connectivity index (χ3n) is 5.73. The van der Waals surface area contributed by atoms with Gasteiger partial charge in [0.1, 0.15) is 0 Å². The number of nitrogens with one attached hydrogen (secondary N) is 2. The summed E-state index contributed by atoms with van der Waals surface area (Å²) in [6, 6.07) is 6.35. The Morgan fingerprint density at radius 3 is 2.31 bits per heavy atom. The molecule has 2 aliphatic rings. The first kappa shape index (κ1) is 19.0. The largest absolute Gasteiger partial charge is 0.361 e. The summed E-state index contributed by atoms with van der Waals surface area (Å²) in [5, 5.41) is 17.9. The molecule has 6 nitrogen and oxygen atoms in total. The molecule has 0 unspecified atom stereocenters. The number of hydrogen-bond acceptors (Lipinski definition) is 4.